The lowest BCUT2D eigenvalue weighted by Crippen LogP contribution is -2.33. The van der Waals surface area contributed by atoms with Crippen LogP contribution in [-0.4, -0.2) is 22.3 Å². The maximum absolute atomic E-state index is 13.0. The molecule has 4 aromatic carbocycles. The Hall–Kier alpha value is -3.92. The first-order valence-corrected chi connectivity index (χ1v) is 12.0. The van der Waals surface area contributed by atoms with Crippen molar-refractivity contribution in [2.75, 3.05) is 0 Å². The van der Waals surface area contributed by atoms with Crippen LogP contribution in [0.25, 0.3) is 10.8 Å². The molecule has 0 aliphatic carbocycles. The number of ether oxygens (including phenoxy) is 1. The number of rotatable bonds is 3. The van der Waals surface area contributed by atoms with Crippen LogP contribution in [0, 0.1) is 6.92 Å². The van der Waals surface area contributed by atoms with Gasteiger partial charge in [-0.1, -0.05) is 72.3 Å². The van der Waals surface area contributed by atoms with E-state index in [9.17, 15) is 4.79 Å². The van der Waals surface area contributed by atoms with Gasteiger partial charge in [-0.3, -0.25) is 4.90 Å². The molecule has 1 amide bonds. The first-order valence-electron chi connectivity index (χ1n) is 12.0. The van der Waals surface area contributed by atoms with E-state index in [1.54, 1.807) is 4.90 Å². The number of fused-ring (bicyclic) bond motifs is 2. The van der Waals surface area contributed by atoms with E-state index in [2.05, 4.69) is 73.7 Å². The average Bonchev–Trinajstić information content (AvgIpc) is 3.26. The third kappa shape index (κ3) is 4.83. The molecule has 4 heteroatoms. The molecule has 0 saturated heterocycles. The molecule has 4 aromatic rings. The normalized spacial score (nSPS) is 13.7. The first kappa shape index (κ1) is 22.9. The van der Waals surface area contributed by atoms with E-state index in [1.165, 1.54) is 5.56 Å². The summed E-state index contributed by atoms with van der Waals surface area (Å²) in [6.07, 6.45) is -0.291. The third-order valence-electron chi connectivity index (χ3n) is 6.17. The molecule has 0 N–H and O–H groups in total. The van der Waals surface area contributed by atoms with E-state index < -0.39 is 5.60 Å². The van der Waals surface area contributed by atoms with Gasteiger partial charge in [0, 0.05) is 17.7 Å². The first-order chi connectivity index (χ1) is 16.8. The SMILES string of the molecule is Cc1ccc(N=C(c2ccccc2)c2c3c(cc4ccccc24)CN(C(=O)OC(C)(C)C)C3)cc1. The van der Waals surface area contributed by atoms with Crippen LogP contribution in [0.1, 0.15) is 48.6 Å². The molecule has 176 valence electrons. The van der Waals surface area contributed by atoms with Gasteiger partial charge in [0.15, 0.2) is 0 Å². The van der Waals surface area contributed by atoms with E-state index >= 15 is 0 Å². The van der Waals surface area contributed by atoms with Gasteiger partial charge in [-0.25, -0.2) is 9.79 Å². The lowest BCUT2D eigenvalue weighted by Gasteiger charge is -2.24. The van der Waals surface area contributed by atoms with Gasteiger partial charge in [0.1, 0.15) is 5.60 Å². The predicted octanol–water partition coefficient (Wildman–Crippen LogP) is 7.57. The van der Waals surface area contributed by atoms with Crippen molar-refractivity contribution in [1.82, 2.24) is 4.90 Å². The van der Waals surface area contributed by atoms with E-state index in [0.29, 0.717) is 13.1 Å². The molecular weight excluding hydrogens is 432 g/mol. The Morgan fingerprint density at radius 2 is 1.57 bits per heavy atom. The summed E-state index contributed by atoms with van der Waals surface area (Å²) in [5, 5.41) is 2.27. The molecular formula is C31H30N2O2. The molecule has 0 aromatic heterocycles. The number of aryl methyl sites for hydroxylation is 1. The highest BCUT2D eigenvalue weighted by Gasteiger charge is 2.31. The fourth-order valence-corrected chi connectivity index (χ4v) is 4.56. The predicted molar refractivity (Wildman–Crippen MR) is 142 cm³/mol. The Balaban J connectivity index is 1.71. The van der Waals surface area contributed by atoms with Gasteiger partial charge >= 0.3 is 6.09 Å². The van der Waals surface area contributed by atoms with Crippen molar-refractivity contribution in [3.05, 3.63) is 113 Å². The number of aliphatic imine (C=N–C) groups is 1. The van der Waals surface area contributed by atoms with Crippen molar-refractivity contribution >= 4 is 28.3 Å². The minimum Gasteiger partial charge on any atom is -0.444 e. The molecule has 0 fully saturated rings. The Bertz CT molecular complexity index is 1410. The van der Waals surface area contributed by atoms with Crippen molar-refractivity contribution in [2.45, 2.75) is 46.4 Å². The Morgan fingerprint density at radius 1 is 0.886 bits per heavy atom. The van der Waals surface area contributed by atoms with Crippen LogP contribution in [0.15, 0.2) is 89.9 Å². The molecule has 0 atom stereocenters. The van der Waals surface area contributed by atoms with Crippen LogP contribution in [0.3, 0.4) is 0 Å². The van der Waals surface area contributed by atoms with Gasteiger partial charge in [-0.15, -0.1) is 0 Å². The summed E-state index contributed by atoms with van der Waals surface area (Å²) in [5.41, 5.74) is 6.86. The maximum atomic E-state index is 13.0. The summed E-state index contributed by atoms with van der Waals surface area (Å²) in [4.78, 5) is 19.9. The lowest BCUT2D eigenvalue weighted by molar-refractivity contribution is 0.0242. The molecule has 0 saturated carbocycles. The summed E-state index contributed by atoms with van der Waals surface area (Å²) in [5.74, 6) is 0. The van der Waals surface area contributed by atoms with Gasteiger partial charge in [0.25, 0.3) is 0 Å². The van der Waals surface area contributed by atoms with E-state index in [4.69, 9.17) is 9.73 Å². The Morgan fingerprint density at radius 3 is 2.29 bits per heavy atom. The second-order valence-electron chi connectivity index (χ2n) is 10.1. The molecule has 4 nitrogen and oxygen atoms in total. The Kier molecular flexibility index (Phi) is 5.89. The summed E-state index contributed by atoms with van der Waals surface area (Å²) in [6, 6.07) is 29.2. The molecule has 0 bridgehead atoms. The molecule has 1 heterocycles. The second-order valence-corrected chi connectivity index (χ2v) is 10.1. The van der Waals surface area contributed by atoms with E-state index in [1.807, 2.05) is 39.0 Å². The number of carbonyl (C=O) groups is 1. The number of carbonyl (C=O) groups excluding carboxylic acids is 1. The van der Waals surface area contributed by atoms with Crippen LogP contribution in [-0.2, 0) is 17.8 Å². The van der Waals surface area contributed by atoms with Crippen molar-refractivity contribution in [3.63, 3.8) is 0 Å². The Labute approximate surface area is 206 Å². The zero-order valence-corrected chi connectivity index (χ0v) is 20.7. The number of hydrogen-bond acceptors (Lipinski definition) is 3. The minimum atomic E-state index is -0.540. The molecule has 1 aliphatic rings. The van der Waals surface area contributed by atoms with Gasteiger partial charge in [-0.2, -0.15) is 0 Å². The van der Waals surface area contributed by atoms with Crippen molar-refractivity contribution in [2.24, 2.45) is 4.99 Å². The highest BCUT2D eigenvalue weighted by molar-refractivity contribution is 6.21. The molecule has 0 radical (unpaired) electrons. The molecule has 0 unspecified atom stereocenters. The molecule has 0 spiro atoms. The summed E-state index contributed by atoms with van der Waals surface area (Å²) in [6.45, 7) is 8.79. The van der Waals surface area contributed by atoms with Crippen molar-refractivity contribution in [1.29, 1.82) is 0 Å². The highest BCUT2D eigenvalue weighted by Crippen LogP contribution is 2.36. The second kappa shape index (κ2) is 9.03. The van der Waals surface area contributed by atoms with Crippen molar-refractivity contribution in [3.8, 4) is 0 Å². The molecule has 5 rings (SSSR count). The highest BCUT2D eigenvalue weighted by atomic mass is 16.6. The van der Waals surface area contributed by atoms with Crippen LogP contribution < -0.4 is 0 Å². The third-order valence-corrected chi connectivity index (χ3v) is 6.17. The van der Waals surface area contributed by atoms with E-state index in [-0.39, 0.29) is 6.09 Å². The summed E-state index contributed by atoms with van der Waals surface area (Å²) in [7, 11) is 0. The zero-order valence-electron chi connectivity index (χ0n) is 20.7. The summed E-state index contributed by atoms with van der Waals surface area (Å²) >= 11 is 0. The van der Waals surface area contributed by atoms with Crippen molar-refractivity contribution < 1.29 is 9.53 Å². The minimum absolute atomic E-state index is 0.291. The fraction of sp³-hybridized carbons (Fsp3) is 0.226. The zero-order chi connectivity index (χ0) is 24.6. The standard InChI is InChI=1S/C31H30N2O2/c1-21-14-16-25(17-15-21)32-29(22-10-6-5-7-11-22)28-26-13-9-8-12-23(26)18-24-19-33(20-27(24)28)30(34)35-31(2,3)4/h5-18H,19-20H2,1-4H3. The monoisotopic (exact) mass is 462 g/mol. The fourth-order valence-electron chi connectivity index (χ4n) is 4.56. The van der Waals surface area contributed by atoms with Gasteiger partial charge in [0.2, 0.25) is 0 Å². The smallest absolute Gasteiger partial charge is 0.410 e. The lowest BCUT2D eigenvalue weighted by atomic mass is 9.89. The molecule has 35 heavy (non-hydrogen) atoms. The van der Waals surface area contributed by atoms with Gasteiger partial charge < -0.3 is 4.74 Å². The number of benzene rings is 4. The van der Waals surface area contributed by atoms with Gasteiger partial charge in [0.05, 0.1) is 17.9 Å². The van der Waals surface area contributed by atoms with Crippen LogP contribution in [0.4, 0.5) is 10.5 Å². The van der Waals surface area contributed by atoms with E-state index in [0.717, 1.165) is 44.4 Å². The number of nitrogens with zero attached hydrogens (tertiary/aromatic N) is 2. The molecule has 1 aliphatic heterocycles. The quantitative estimate of drug-likeness (QED) is 0.295. The summed E-state index contributed by atoms with van der Waals surface area (Å²) < 4.78 is 5.70. The number of hydrogen-bond donors (Lipinski definition) is 0. The van der Waals surface area contributed by atoms with Gasteiger partial charge in [-0.05, 0) is 67.8 Å². The van der Waals surface area contributed by atoms with Crippen LogP contribution >= 0.6 is 0 Å². The van der Waals surface area contributed by atoms with Crippen LogP contribution in [0.2, 0.25) is 0 Å². The maximum Gasteiger partial charge on any atom is 0.410 e. The van der Waals surface area contributed by atoms with Crippen LogP contribution in [0.5, 0.6) is 0 Å². The number of amides is 1. The average molecular weight is 463 g/mol. The largest absolute Gasteiger partial charge is 0.444 e. The topological polar surface area (TPSA) is 41.9 Å².